The van der Waals surface area contributed by atoms with Crippen LogP contribution in [-0.4, -0.2) is 38.2 Å². The van der Waals surface area contributed by atoms with Gasteiger partial charge in [-0.3, -0.25) is 0 Å². The fourth-order valence-electron chi connectivity index (χ4n) is 2.80. The van der Waals surface area contributed by atoms with E-state index >= 15 is 0 Å². The first kappa shape index (κ1) is 13.5. The van der Waals surface area contributed by atoms with Gasteiger partial charge in [-0.2, -0.15) is 0 Å². The quantitative estimate of drug-likeness (QED) is 0.930. The van der Waals surface area contributed by atoms with Gasteiger partial charge in [-0.15, -0.1) is 0 Å². The zero-order valence-electron chi connectivity index (χ0n) is 12.2. The summed E-state index contributed by atoms with van der Waals surface area (Å²) in [5.74, 6) is 1.77. The molecule has 0 aliphatic carbocycles. The Hall–Kier alpha value is -1.52. The highest BCUT2D eigenvalue weighted by molar-refractivity contribution is 5.83. The van der Waals surface area contributed by atoms with Gasteiger partial charge in [0, 0.05) is 11.4 Å². The van der Waals surface area contributed by atoms with Crippen LogP contribution in [0.4, 0.5) is 0 Å². The third-order valence-electron chi connectivity index (χ3n) is 4.06. The standard InChI is InChI=1S/C16H22N2O2/c1-18-8-6-13(7-9-18)17-11-14-10-12-4-3-5-15(19-2)16(12)20-14/h3-5,10,13,17H,6-9,11H2,1-2H3. The number of methoxy groups -OCH3 is 1. The maximum atomic E-state index is 5.90. The van der Waals surface area contributed by atoms with Crippen LogP contribution >= 0.6 is 0 Å². The summed E-state index contributed by atoms with van der Waals surface area (Å²) >= 11 is 0. The van der Waals surface area contributed by atoms with Crippen LogP contribution in [0.3, 0.4) is 0 Å². The van der Waals surface area contributed by atoms with Gasteiger partial charge < -0.3 is 19.4 Å². The number of hydrogen-bond donors (Lipinski definition) is 1. The maximum Gasteiger partial charge on any atom is 0.176 e. The van der Waals surface area contributed by atoms with Crippen molar-refractivity contribution in [2.75, 3.05) is 27.2 Å². The number of fused-ring (bicyclic) bond motifs is 1. The van der Waals surface area contributed by atoms with Crippen molar-refractivity contribution in [3.63, 3.8) is 0 Å². The Balaban J connectivity index is 1.66. The second-order valence-corrected chi connectivity index (χ2v) is 5.55. The molecule has 3 rings (SSSR count). The van der Waals surface area contributed by atoms with Gasteiger partial charge >= 0.3 is 0 Å². The normalized spacial score (nSPS) is 17.7. The van der Waals surface area contributed by atoms with Gasteiger partial charge in [0.15, 0.2) is 11.3 Å². The molecule has 1 saturated heterocycles. The highest BCUT2D eigenvalue weighted by Crippen LogP contribution is 2.28. The van der Waals surface area contributed by atoms with Crippen molar-refractivity contribution in [2.24, 2.45) is 0 Å². The SMILES string of the molecule is COc1cccc2cc(CNC3CCN(C)CC3)oc12. The minimum atomic E-state index is 0.598. The molecule has 1 N–H and O–H groups in total. The van der Waals surface area contributed by atoms with E-state index in [1.165, 1.54) is 25.9 Å². The molecular weight excluding hydrogens is 252 g/mol. The summed E-state index contributed by atoms with van der Waals surface area (Å²) in [7, 11) is 3.86. The predicted octanol–water partition coefficient (Wildman–Crippen LogP) is 2.63. The molecule has 2 heterocycles. The van der Waals surface area contributed by atoms with E-state index in [0.29, 0.717) is 6.04 Å². The van der Waals surface area contributed by atoms with Crippen molar-refractivity contribution >= 4 is 11.0 Å². The van der Waals surface area contributed by atoms with Gasteiger partial charge in [0.1, 0.15) is 5.76 Å². The number of piperidine rings is 1. The number of likely N-dealkylation sites (tertiary alicyclic amines) is 1. The lowest BCUT2D eigenvalue weighted by Crippen LogP contribution is -2.40. The van der Waals surface area contributed by atoms with Gasteiger partial charge in [0.05, 0.1) is 13.7 Å². The summed E-state index contributed by atoms with van der Waals surface area (Å²) in [4.78, 5) is 2.38. The molecule has 1 aromatic carbocycles. The Labute approximate surface area is 119 Å². The fourth-order valence-corrected chi connectivity index (χ4v) is 2.80. The molecule has 0 bridgehead atoms. The third kappa shape index (κ3) is 2.81. The summed E-state index contributed by atoms with van der Waals surface area (Å²) in [6.07, 6.45) is 2.42. The van der Waals surface area contributed by atoms with Crippen molar-refractivity contribution in [1.82, 2.24) is 10.2 Å². The van der Waals surface area contributed by atoms with Crippen molar-refractivity contribution in [1.29, 1.82) is 0 Å². The van der Waals surface area contributed by atoms with Gasteiger partial charge in [-0.25, -0.2) is 0 Å². The number of hydrogen-bond acceptors (Lipinski definition) is 4. The van der Waals surface area contributed by atoms with Crippen LogP contribution in [0.15, 0.2) is 28.7 Å². The molecule has 0 radical (unpaired) electrons. The molecule has 4 heteroatoms. The minimum Gasteiger partial charge on any atom is -0.493 e. The Morgan fingerprint density at radius 3 is 2.90 bits per heavy atom. The monoisotopic (exact) mass is 274 g/mol. The molecular formula is C16H22N2O2. The number of nitrogens with zero attached hydrogens (tertiary/aromatic N) is 1. The van der Waals surface area contributed by atoms with E-state index in [2.05, 4.69) is 29.4 Å². The first-order valence-electron chi connectivity index (χ1n) is 7.23. The van der Waals surface area contributed by atoms with Gasteiger partial charge in [-0.1, -0.05) is 12.1 Å². The van der Waals surface area contributed by atoms with Crippen molar-refractivity contribution in [2.45, 2.75) is 25.4 Å². The number of ether oxygens (including phenoxy) is 1. The zero-order valence-corrected chi connectivity index (χ0v) is 12.2. The van der Waals surface area contributed by atoms with Crippen molar-refractivity contribution in [3.05, 3.63) is 30.0 Å². The van der Waals surface area contributed by atoms with Crippen molar-refractivity contribution < 1.29 is 9.15 Å². The van der Waals surface area contributed by atoms with E-state index in [1.807, 2.05) is 12.1 Å². The Bertz CT molecular complexity index is 571. The summed E-state index contributed by atoms with van der Waals surface area (Å²) in [5, 5.41) is 4.70. The van der Waals surface area contributed by atoms with E-state index in [4.69, 9.17) is 9.15 Å². The van der Waals surface area contributed by atoms with Crippen LogP contribution in [0.5, 0.6) is 5.75 Å². The van der Waals surface area contributed by atoms with Gasteiger partial charge in [0.25, 0.3) is 0 Å². The van der Waals surface area contributed by atoms with Crippen molar-refractivity contribution in [3.8, 4) is 5.75 Å². The summed E-state index contributed by atoms with van der Waals surface area (Å²) in [5.41, 5.74) is 0.843. The molecule has 0 spiro atoms. The number of para-hydroxylation sites is 1. The summed E-state index contributed by atoms with van der Waals surface area (Å²) in [6, 6.07) is 8.67. The molecule has 20 heavy (non-hydrogen) atoms. The third-order valence-corrected chi connectivity index (χ3v) is 4.06. The first-order chi connectivity index (χ1) is 9.76. The number of nitrogens with one attached hydrogen (secondary N) is 1. The highest BCUT2D eigenvalue weighted by Gasteiger charge is 2.16. The molecule has 1 aliphatic rings. The molecule has 0 amide bonds. The highest BCUT2D eigenvalue weighted by atomic mass is 16.5. The lowest BCUT2D eigenvalue weighted by molar-refractivity contribution is 0.232. The Kier molecular flexibility index (Phi) is 3.94. The van der Waals surface area contributed by atoms with Crippen LogP contribution in [0.2, 0.25) is 0 Å². The molecule has 1 fully saturated rings. The van der Waals surface area contributed by atoms with Crippen LogP contribution < -0.4 is 10.1 Å². The molecule has 4 nitrogen and oxygen atoms in total. The van der Waals surface area contributed by atoms with Crippen LogP contribution in [0, 0.1) is 0 Å². The number of rotatable bonds is 4. The number of furan rings is 1. The second kappa shape index (κ2) is 5.85. The lowest BCUT2D eigenvalue weighted by atomic mass is 10.1. The Morgan fingerprint density at radius 1 is 1.35 bits per heavy atom. The van der Waals surface area contributed by atoms with Crippen LogP contribution in [0.1, 0.15) is 18.6 Å². The second-order valence-electron chi connectivity index (χ2n) is 5.55. The molecule has 0 unspecified atom stereocenters. The first-order valence-corrected chi connectivity index (χ1v) is 7.23. The van der Waals surface area contributed by atoms with E-state index in [9.17, 15) is 0 Å². The van der Waals surface area contributed by atoms with E-state index < -0.39 is 0 Å². The fraction of sp³-hybridized carbons (Fsp3) is 0.500. The maximum absolute atomic E-state index is 5.90. The minimum absolute atomic E-state index is 0.598. The summed E-state index contributed by atoms with van der Waals surface area (Å²) in [6.45, 7) is 3.13. The van der Waals surface area contributed by atoms with Gasteiger partial charge in [-0.05, 0) is 45.1 Å². The van der Waals surface area contributed by atoms with Crippen LogP contribution in [0.25, 0.3) is 11.0 Å². The molecule has 1 aliphatic heterocycles. The van der Waals surface area contributed by atoms with E-state index in [1.54, 1.807) is 7.11 Å². The average molecular weight is 274 g/mol. The van der Waals surface area contributed by atoms with Gasteiger partial charge in [0.2, 0.25) is 0 Å². The average Bonchev–Trinajstić information content (AvgIpc) is 2.89. The molecule has 2 aromatic rings. The molecule has 0 atom stereocenters. The lowest BCUT2D eigenvalue weighted by Gasteiger charge is -2.29. The number of benzene rings is 1. The van der Waals surface area contributed by atoms with E-state index in [0.717, 1.165) is 29.0 Å². The summed E-state index contributed by atoms with van der Waals surface area (Å²) < 4.78 is 11.2. The zero-order chi connectivity index (χ0) is 13.9. The van der Waals surface area contributed by atoms with Crippen LogP contribution in [-0.2, 0) is 6.54 Å². The molecule has 0 saturated carbocycles. The predicted molar refractivity (Wildman–Crippen MR) is 80.1 cm³/mol. The molecule has 1 aromatic heterocycles. The topological polar surface area (TPSA) is 37.6 Å². The largest absolute Gasteiger partial charge is 0.493 e. The van der Waals surface area contributed by atoms with E-state index in [-0.39, 0.29) is 0 Å². The smallest absolute Gasteiger partial charge is 0.176 e. The Morgan fingerprint density at radius 2 is 2.15 bits per heavy atom. The molecule has 108 valence electrons.